The van der Waals surface area contributed by atoms with E-state index >= 15 is 0 Å². The molecule has 2 aliphatic rings. The van der Waals surface area contributed by atoms with E-state index in [1.54, 1.807) is 30.9 Å². The smallest absolute Gasteiger partial charge is 0.261 e. The third-order valence-electron chi connectivity index (χ3n) is 5.10. The van der Waals surface area contributed by atoms with E-state index in [9.17, 15) is 19.2 Å². The summed E-state index contributed by atoms with van der Waals surface area (Å²) in [5.74, 6) is -1.01. The van der Waals surface area contributed by atoms with Gasteiger partial charge in [-0.05, 0) is 44.9 Å². The predicted octanol–water partition coefficient (Wildman–Crippen LogP) is 1.06. The first-order chi connectivity index (χ1) is 13.3. The highest BCUT2D eigenvalue weighted by molar-refractivity contribution is 6.22. The summed E-state index contributed by atoms with van der Waals surface area (Å²) in [6.07, 6.45) is 1.31. The number of fused-ring (bicyclic) bond motifs is 1. The summed E-state index contributed by atoms with van der Waals surface area (Å²) >= 11 is 0. The van der Waals surface area contributed by atoms with E-state index in [1.165, 1.54) is 18.1 Å². The van der Waals surface area contributed by atoms with E-state index in [-0.39, 0.29) is 47.9 Å². The maximum Gasteiger partial charge on any atom is 0.261 e. The summed E-state index contributed by atoms with van der Waals surface area (Å²) in [7, 11) is 1.47. The predicted molar refractivity (Wildman–Crippen MR) is 101 cm³/mol. The number of piperidine rings is 1. The molecule has 28 heavy (non-hydrogen) atoms. The van der Waals surface area contributed by atoms with Crippen LogP contribution in [0.25, 0.3) is 0 Å². The van der Waals surface area contributed by atoms with Gasteiger partial charge < -0.3 is 15.0 Å². The van der Waals surface area contributed by atoms with Crippen LogP contribution in [0.5, 0.6) is 0 Å². The second-order valence-corrected chi connectivity index (χ2v) is 7.40. The Bertz CT molecular complexity index is 812. The SMILES string of the molecule is COCC(=O)NC1CCN(C(=O)c2ccc3c(c2)C(=O)N(C(C)C)C3=O)CC1. The van der Waals surface area contributed by atoms with Gasteiger partial charge in [0.2, 0.25) is 5.91 Å². The molecule has 1 N–H and O–H groups in total. The summed E-state index contributed by atoms with van der Waals surface area (Å²) in [6, 6.07) is 4.46. The number of nitrogens with zero attached hydrogens (tertiary/aromatic N) is 2. The molecule has 2 aliphatic heterocycles. The van der Waals surface area contributed by atoms with Gasteiger partial charge in [0.05, 0.1) is 11.1 Å². The third kappa shape index (κ3) is 3.77. The molecular weight excluding hydrogens is 362 g/mol. The van der Waals surface area contributed by atoms with Crippen molar-refractivity contribution in [2.45, 2.75) is 38.8 Å². The summed E-state index contributed by atoms with van der Waals surface area (Å²) < 4.78 is 4.81. The highest BCUT2D eigenvalue weighted by atomic mass is 16.5. The van der Waals surface area contributed by atoms with E-state index < -0.39 is 0 Å². The number of amides is 4. The summed E-state index contributed by atoms with van der Waals surface area (Å²) in [6.45, 7) is 4.61. The van der Waals surface area contributed by atoms with Crippen molar-refractivity contribution in [3.8, 4) is 0 Å². The first kappa shape index (κ1) is 20.0. The lowest BCUT2D eigenvalue weighted by atomic mass is 10.0. The maximum atomic E-state index is 12.8. The van der Waals surface area contributed by atoms with E-state index in [2.05, 4.69) is 5.32 Å². The Morgan fingerprint density at radius 1 is 1.14 bits per heavy atom. The Kier molecular flexibility index (Phi) is 5.79. The van der Waals surface area contributed by atoms with Crippen LogP contribution < -0.4 is 5.32 Å². The van der Waals surface area contributed by atoms with Crippen molar-refractivity contribution in [1.82, 2.24) is 15.1 Å². The Morgan fingerprint density at radius 2 is 1.79 bits per heavy atom. The number of carbonyl (C=O) groups is 4. The molecule has 4 amide bonds. The molecule has 2 heterocycles. The van der Waals surface area contributed by atoms with Gasteiger partial charge in [0.1, 0.15) is 6.61 Å². The van der Waals surface area contributed by atoms with Gasteiger partial charge in [0.25, 0.3) is 17.7 Å². The van der Waals surface area contributed by atoms with Crippen LogP contribution >= 0.6 is 0 Å². The molecule has 1 saturated heterocycles. The number of hydrogen-bond donors (Lipinski definition) is 1. The fraction of sp³-hybridized carbons (Fsp3) is 0.500. The molecule has 0 saturated carbocycles. The largest absolute Gasteiger partial charge is 0.375 e. The molecule has 1 fully saturated rings. The molecule has 0 atom stereocenters. The van der Waals surface area contributed by atoms with Crippen LogP contribution in [0.2, 0.25) is 0 Å². The topological polar surface area (TPSA) is 96.0 Å². The van der Waals surface area contributed by atoms with Crippen LogP contribution in [0.15, 0.2) is 18.2 Å². The average molecular weight is 387 g/mol. The van der Waals surface area contributed by atoms with Crippen molar-refractivity contribution in [3.63, 3.8) is 0 Å². The molecule has 0 unspecified atom stereocenters. The van der Waals surface area contributed by atoms with Crippen molar-refractivity contribution >= 4 is 23.6 Å². The molecule has 0 aromatic heterocycles. The minimum absolute atomic E-state index is 0.0190. The van der Waals surface area contributed by atoms with Crippen LogP contribution in [0, 0.1) is 0 Å². The molecule has 0 aliphatic carbocycles. The number of carbonyl (C=O) groups excluding carboxylic acids is 4. The zero-order valence-corrected chi connectivity index (χ0v) is 16.4. The van der Waals surface area contributed by atoms with Crippen molar-refractivity contribution in [2.75, 3.05) is 26.8 Å². The molecule has 0 radical (unpaired) electrons. The Hall–Kier alpha value is -2.74. The second kappa shape index (κ2) is 8.10. The van der Waals surface area contributed by atoms with Crippen LogP contribution in [-0.2, 0) is 9.53 Å². The molecule has 8 heteroatoms. The molecule has 150 valence electrons. The average Bonchev–Trinajstić information content (AvgIpc) is 2.92. The minimum atomic E-state index is -0.357. The van der Waals surface area contributed by atoms with Gasteiger partial charge >= 0.3 is 0 Å². The molecule has 1 aromatic rings. The second-order valence-electron chi connectivity index (χ2n) is 7.40. The fourth-order valence-electron chi connectivity index (χ4n) is 3.67. The van der Waals surface area contributed by atoms with Crippen LogP contribution in [0.3, 0.4) is 0 Å². The first-order valence-electron chi connectivity index (χ1n) is 9.43. The molecule has 0 spiro atoms. The van der Waals surface area contributed by atoms with Crippen molar-refractivity contribution in [3.05, 3.63) is 34.9 Å². The molecular formula is C20H25N3O5. The summed E-state index contributed by atoms with van der Waals surface area (Å²) in [5, 5.41) is 2.89. The van der Waals surface area contributed by atoms with Crippen molar-refractivity contribution in [1.29, 1.82) is 0 Å². The number of benzene rings is 1. The monoisotopic (exact) mass is 387 g/mol. The lowest BCUT2D eigenvalue weighted by molar-refractivity contribution is -0.125. The van der Waals surface area contributed by atoms with E-state index in [0.29, 0.717) is 37.1 Å². The fourth-order valence-corrected chi connectivity index (χ4v) is 3.67. The van der Waals surface area contributed by atoms with Crippen molar-refractivity contribution in [2.24, 2.45) is 0 Å². The molecule has 3 rings (SSSR count). The number of hydrogen-bond acceptors (Lipinski definition) is 5. The zero-order chi connectivity index (χ0) is 20.4. The third-order valence-corrected chi connectivity index (χ3v) is 5.10. The maximum absolute atomic E-state index is 12.8. The highest BCUT2D eigenvalue weighted by Gasteiger charge is 2.37. The van der Waals surface area contributed by atoms with Crippen LogP contribution in [-0.4, -0.2) is 72.3 Å². The number of ether oxygens (including phenoxy) is 1. The normalized spacial score (nSPS) is 17.3. The Balaban J connectivity index is 1.67. The van der Waals surface area contributed by atoms with Gasteiger partial charge in [-0.3, -0.25) is 24.1 Å². The summed E-state index contributed by atoms with van der Waals surface area (Å²) in [5.41, 5.74) is 1.02. The van der Waals surface area contributed by atoms with Crippen molar-refractivity contribution < 1.29 is 23.9 Å². The number of imide groups is 1. The molecule has 8 nitrogen and oxygen atoms in total. The van der Waals surface area contributed by atoms with E-state index in [4.69, 9.17) is 4.74 Å². The van der Waals surface area contributed by atoms with Gasteiger partial charge in [-0.1, -0.05) is 0 Å². The van der Waals surface area contributed by atoms with Crippen LogP contribution in [0.4, 0.5) is 0 Å². The number of methoxy groups -OCH3 is 1. The lowest BCUT2D eigenvalue weighted by Crippen LogP contribution is -2.47. The van der Waals surface area contributed by atoms with Gasteiger partial charge in [-0.15, -0.1) is 0 Å². The van der Waals surface area contributed by atoms with Gasteiger partial charge in [0, 0.05) is 37.8 Å². The quantitative estimate of drug-likeness (QED) is 0.762. The molecule has 1 aromatic carbocycles. The van der Waals surface area contributed by atoms with E-state index in [1.807, 2.05) is 0 Å². The van der Waals surface area contributed by atoms with Crippen LogP contribution in [0.1, 0.15) is 57.8 Å². The number of likely N-dealkylation sites (tertiary alicyclic amines) is 1. The zero-order valence-electron chi connectivity index (χ0n) is 16.4. The number of rotatable bonds is 5. The Morgan fingerprint density at radius 3 is 2.39 bits per heavy atom. The van der Waals surface area contributed by atoms with Gasteiger partial charge in [-0.2, -0.15) is 0 Å². The first-order valence-corrected chi connectivity index (χ1v) is 9.43. The van der Waals surface area contributed by atoms with Gasteiger partial charge in [-0.25, -0.2) is 0 Å². The van der Waals surface area contributed by atoms with E-state index in [0.717, 1.165) is 0 Å². The summed E-state index contributed by atoms with van der Waals surface area (Å²) in [4.78, 5) is 52.3. The minimum Gasteiger partial charge on any atom is -0.375 e. The molecule has 0 bridgehead atoms. The lowest BCUT2D eigenvalue weighted by Gasteiger charge is -2.32. The standard InChI is InChI=1S/C20H25N3O5/c1-12(2)23-19(26)15-5-4-13(10-16(15)20(23)27)18(25)22-8-6-14(7-9-22)21-17(24)11-28-3/h4-5,10,12,14H,6-9,11H2,1-3H3,(H,21,24). The van der Waals surface area contributed by atoms with Gasteiger partial charge in [0.15, 0.2) is 0 Å². The number of nitrogens with one attached hydrogen (secondary N) is 1. The Labute approximate surface area is 163 Å². The highest BCUT2D eigenvalue weighted by Crippen LogP contribution is 2.26.